The number of ketones is 2. The molecular weight excluding hydrogens is 645 g/mol. The lowest BCUT2D eigenvalue weighted by Crippen LogP contribution is -2.61. The SMILES string of the molecule is C=CCO[C@]1(C)C[C@@H](C)C(=O)[C@H](C)[C@@H]2C(SC)C(=O)O[C@]2(C)[C@@H](CC)OC(=O)[C@@](C)(F)C(=O)[C@H](C)[C@H]1O[C@@H]1O[C@H](C)C[C@H](N(C)C)[C@H]1O. The van der Waals surface area contributed by atoms with Gasteiger partial charge in [-0.25, -0.2) is 9.18 Å². The van der Waals surface area contributed by atoms with Crippen LogP contribution in [0.5, 0.6) is 0 Å². The van der Waals surface area contributed by atoms with E-state index >= 15 is 4.39 Å². The third kappa shape index (κ3) is 7.71. The molecule has 0 aromatic rings. The van der Waals surface area contributed by atoms with Gasteiger partial charge in [-0.3, -0.25) is 14.4 Å². The third-order valence-corrected chi connectivity index (χ3v) is 11.6. The molecule has 3 fully saturated rings. The van der Waals surface area contributed by atoms with Crippen molar-refractivity contribution < 1.29 is 52.4 Å². The van der Waals surface area contributed by atoms with E-state index in [9.17, 15) is 24.3 Å². The summed E-state index contributed by atoms with van der Waals surface area (Å²) in [5.41, 5.74) is -6.08. The number of aliphatic hydroxyl groups excluding tert-OH is 1. The molecule has 13 heteroatoms. The van der Waals surface area contributed by atoms with E-state index in [1.54, 1.807) is 40.9 Å². The van der Waals surface area contributed by atoms with Gasteiger partial charge in [-0.1, -0.05) is 33.8 Å². The van der Waals surface area contributed by atoms with Crippen LogP contribution in [0.4, 0.5) is 4.39 Å². The second kappa shape index (κ2) is 15.6. The standard InChI is InChI=1S/C35H56FNO10S/c1-13-15-43-33(7)17-18(3)25(38)20(5)24-27(48-12)30(41)47-35(24,9)23(14-2)45-32(42)34(8,36)28(40)21(6)29(33)46-31-26(39)22(37(10)11)16-19(4)44-31/h13,18-24,26-27,29,31,39H,1,14-17H2,2-12H3/t18-,19-,20-,21+,22+,23-,24-,26-,27?,29-,31+,33-,34+,35-/m1/s1. The molecule has 3 aliphatic heterocycles. The molecule has 11 nitrogen and oxygen atoms in total. The van der Waals surface area contributed by atoms with Crippen LogP contribution in [-0.2, 0) is 42.9 Å². The normalized spacial score (nSPS) is 44.9. The predicted octanol–water partition coefficient (Wildman–Crippen LogP) is 3.92. The average Bonchev–Trinajstić information content (AvgIpc) is 3.29. The molecule has 0 saturated carbocycles. The highest BCUT2D eigenvalue weighted by atomic mass is 32.2. The van der Waals surface area contributed by atoms with Gasteiger partial charge in [0.15, 0.2) is 17.7 Å². The minimum absolute atomic E-state index is 0.00853. The Morgan fingerprint density at radius 2 is 1.73 bits per heavy atom. The second-order valence-electron chi connectivity index (χ2n) is 14.6. The van der Waals surface area contributed by atoms with E-state index in [1.165, 1.54) is 24.8 Å². The topological polar surface area (TPSA) is 138 Å². The van der Waals surface area contributed by atoms with Crippen LogP contribution in [0.3, 0.4) is 0 Å². The number of hydrogen-bond donors (Lipinski definition) is 1. The predicted molar refractivity (Wildman–Crippen MR) is 179 cm³/mol. The maximum atomic E-state index is 16.7. The number of esters is 2. The van der Waals surface area contributed by atoms with Crippen LogP contribution in [0.1, 0.15) is 74.7 Å². The zero-order chi connectivity index (χ0) is 36.5. The molecule has 3 aliphatic rings. The number of hydrogen-bond acceptors (Lipinski definition) is 12. The van der Waals surface area contributed by atoms with Crippen molar-refractivity contribution in [3.05, 3.63) is 12.7 Å². The lowest BCUT2D eigenvalue weighted by molar-refractivity contribution is -0.297. The van der Waals surface area contributed by atoms with Crippen LogP contribution >= 0.6 is 11.8 Å². The number of halogens is 1. The largest absolute Gasteiger partial charge is 0.455 e. The van der Waals surface area contributed by atoms with Gasteiger partial charge in [0.25, 0.3) is 5.67 Å². The number of fused-ring (bicyclic) bond motifs is 1. The van der Waals surface area contributed by atoms with E-state index in [2.05, 4.69) is 6.58 Å². The molecule has 1 unspecified atom stereocenters. The first-order valence-electron chi connectivity index (χ1n) is 16.9. The molecule has 0 radical (unpaired) electrons. The van der Waals surface area contributed by atoms with Crippen molar-refractivity contribution >= 4 is 35.3 Å². The Labute approximate surface area is 288 Å². The summed E-state index contributed by atoms with van der Waals surface area (Å²) in [5, 5.41) is 10.6. The number of alkyl halides is 1. The summed E-state index contributed by atoms with van der Waals surface area (Å²) in [6.45, 7) is 16.3. The van der Waals surface area contributed by atoms with Gasteiger partial charge < -0.3 is 33.7 Å². The third-order valence-electron chi connectivity index (χ3n) is 10.6. The number of thioether (sulfide) groups is 1. The summed E-state index contributed by atoms with van der Waals surface area (Å²) < 4.78 is 47.1. The van der Waals surface area contributed by atoms with Gasteiger partial charge in [0, 0.05) is 29.7 Å². The van der Waals surface area contributed by atoms with E-state index in [4.69, 9.17) is 23.7 Å². The van der Waals surface area contributed by atoms with E-state index in [0.29, 0.717) is 6.42 Å². The Kier molecular flexibility index (Phi) is 13.1. The summed E-state index contributed by atoms with van der Waals surface area (Å²) in [6.07, 6.45) is -1.30. The molecule has 1 N–H and O–H groups in total. The van der Waals surface area contributed by atoms with Gasteiger partial charge in [0.1, 0.15) is 23.2 Å². The van der Waals surface area contributed by atoms with Gasteiger partial charge in [-0.15, -0.1) is 18.3 Å². The minimum Gasteiger partial charge on any atom is -0.455 e. The van der Waals surface area contributed by atoms with E-state index in [-0.39, 0.29) is 37.4 Å². The van der Waals surface area contributed by atoms with Gasteiger partial charge in [-0.2, -0.15) is 0 Å². The summed E-state index contributed by atoms with van der Waals surface area (Å²) in [5.74, 6) is -6.89. The highest BCUT2D eigenvalue weighted by Crippen LogP contribution is 2.48. The number of nitrogens with zero attached hydrogens (tertiary/aromatic N) is 1. The Bertz CT molecular complexity index is 1220. The summed E-state index contributed by atoms with van der Waals surface area (Å²) >= 11 is 1.23. The number of carbonyl (C=O) groups is 4. The van der Waals surface area contributed by atoms with Crippen LogP contribution in [0.25, 0.3) is 0 Å². The molecule has 3 heterocycles. The molecule has 0 aromatic heterocycles. The molecule has 0 amide bonds. The van der Waals surface area contributed by atoms with Crippen LogP contribution in [0.2, 0.25) is 0 Å². The minimum atomic E-state index is -3.15. The number of rotatable bonds is 8. The van der Waals surface area contributed by atoms with Gasteiger partial charge >= 0.3 is 11.9 Å². The Balaban J connectivity index is 2.22. The maximum Gasteiger partial charge on any atom is 0.351 e. The molecule has 3 rings (SSSR count). The quantitative estimate of drug-likeness (QED) is 0.223. The fourth-order valence-electron chi connectivity index (χ4n) is 8.01. The van der Waals surface area contributed by atoms with Crippen molar-refractivity contribution in [3.63, 3.8) is 0 Å². The Hall–Kier alpha value is -1.90. The van der Waals surface area contributed by atoms with Crippen LogP contribution in [0.15, 0.2) is 12.7 Å². The fraction of sp³-hybridized carbons (Fsp3) is 0.829. The van der Waals surface area contributed by atoms with Crippen molar-refractivity contribution in [1.29, 1.82) is 0 Å². The summed E-state index contributed by atoms with van der Waals surface area (Å²) in [6, 6.07) is -0.354. The zero-order valence-electron chi connectivity index (χ0n) is 30.3. The highest BCUT2D eigenvalue weighted by molar-refractivity contribution is 7.99. The monoisotopic (exact) mass is 701 g/mol. The number of Topliss-reactive ketones (excluding diaryl/α,β-unsaturated/α-hetero) is 2. The van der Waals surface area contributed by atoms with Gasteiger partial charge in [0.2, 0.25) is 0 Å². The molecule has 14 atom stereocenters. The van der Waals surface area contributed by atoms with Crippen molar-refractivity contribution in [2.75, 3.05) is 27.0 Å². The molecular formula is C35H56FNO10S. The molecule has 0 bridgehead atoms. The fourth-order valence-corrected chi connectivity index (χ4v) is 9.05. The average molecular weight is 702 g/mol. The molecule has 0 spiro atoms. The molecule has 274 valence electrons. The van der Waals surface area contributed by atoms with E-state index < -0.39 is 88.1 Å². The van der Waals surface area contributed by atoms with E-state index in [1.807, 2.05) is 25.9 Å². The number of likely N-dealkylation sites (N-methyl/N-ethyl adjacent to an activating group) is 1. The van der Waals surface area contributed by atoms with Crippen LogP contribution in [-0.4, -0.2) is 119 Å². The maximum absolute atomic E-state index is 16.7. The lowest BCUT2D eigenvalue weighted by Gasteiger charge is -2.47. The molecule has 0 aromatic carbocycles. The summed E-state index contributed by atoms with van der Waals surface area (Å²) in [4.78, 5) is 57.2. The smallest absolute Gasteiger partial charge is 0.351 e. The number of ether oxygens (including phenoxy) is 5. The first-order chi connectivity index (χ1) is 22.2. The first kappa shape index (κ1) is 40.5. The van der Waals surface area contributed by atoms with Crippen molar-refractivity contribution in [1.82, 2.24) is 4.90 Å². The lowest BCUT2D eigenvalue weighted by atomic mass is 9.70. The van der Waals surface area contributed by atoms with Crippen molar-refractivity contribution in [3.8, 4) is 0 Å². The van der Waals surface area contributed by atoms with Crippen LogP contribution in [0, 0.1) is 23.7 Å². The van der Waals surface area contributed by atoms with Crippen molar-refractivity contribution in [2.24, 2.45) is 23.7 Å². The van der Waals surface area contributed by atoms with Crippen molar-refractivity contribution in [2.45, 2.75) is 134 Å². The molecule has 3 saturated heterocycles. The van der Waals surface area contributed by atoms with Crippen LogP contribution < -0.4 is 0 Å². The van der Waals surface area contributed by atoms with E-state index in [0.717, 1.165) is 6.92 Å². The van der Waals surface area contributed by atoms with Gasteiger partial charge in [-0.05, 0) is 67.3 Å². The number of carbonyl (C=O) groups excluding carboxylic acids is 4. The molecule has 0 aliphatic carbocycles. The first-order valence-corrected chi connectivity index (χ1v) is 18.1. The highest BCUT2D eigenvalue weighted by Gasteiger charge is 2.62. The Morgan fingerprint density at radius 3 is 2.27 bits per heavy atom. The number of cyclic esters (lactones) is 1. The molecule has 48 heavy (non-hydrogen) atoms. The van der Waals surface area contributed by atoms with Gasteiger partial charge in [0.05, 0.1) is 24.4 Å². The zero-order valence-corrected chi connectivity index (χ0v) is 31.1. The Morgan fingerprint density at radius 1 is 1.10 bits per heavy atom. The summed E-state index contributed by atoms with van der Waals surface area (Å²) in [7, 11) is 3.64. The number of aliphatic hydroxyl groups is 1. The second-order valence-corrected chi connectivity index (χ2v) is 15.6.